The Kier molecular flexibility index (Phi) is 3.56. The van der Waals surface area contributed by atoms with Crippen molar-refractivity contribution in [1.82, 2.24) is 10.6 Å². The minimum atomic E-state index is 0.0912. The molecule has 1 aliphatic heterocycles. The van der Waals surface area contributed by atoms with Gasteiger partial charge in [-0.1, -0.05) is 25.8 Å². The fourth-order valence-corrected chi connectivity index (χ4v) is 3.22. The zero-order valence-corrected chi connectivity index (χ0v) is 11.5. The highest BCUT2D eigenvalue weighted by Gasteiger charge is 2.23. The summed E-state index contributed by atoms with van der Waals surface area (Å²) in [5.41, 5.74) is 3.40. The highest BCUT2D eigenvalue weighted by molar-refractivity contribution is 5.94. The Morgan fingerprint density at radius 1 is 1.21 bits per heavy atom. The zero-order valence-electron chi connectivity index (χ0n) is 11.5. The van der Waals surface area contributed by atoms with Crippen molar-refractivity contribution in [1.29, 1.82) is 0 Å². The third-order valence-corrected chi connectivity index (χ3v) is 4.53. The molecule has 2 atom stereocenters. The Morgan fingerprint density at radius 3 is 2.84 bits per heavy atom. The Bertz CT molecular complexity index is 484. The predicted octanol–water partition coefficient (Wildman–Crippen LogP) is 2.60. The third kappa shape index (κ3) is 2.66. The lowest BCUT2D eigenvalue weighted by atomic mass is 9.86. The molecule has 1 saturated carbocycles. The molecule has 0 bridgehead atoms. The summed E-state index contributed by atoms with van der Waals surface area (Å²) < 4.78 is 0. The highest BCUT2D eigenvalue weighted by atomic mass is 16.1. The lowest BCUT2D eigenvalue weighted by Gasteiger charge is -2.29. The Balaban J connectivity index is 1.70. The first-order valence-corrected chi connectivity index (χ1v) is 7.37. The lowest BCUT2D eigenvalue weighted by Crippen LogP contribution is -2.41. The summed E-state index contributed by atoms with van der Waals surface area (Å²) in [5.74, 6) is 0.697. The van der Waals surface area contributed by atoms with Gasteiger partial charge in [-0.25, -0.2) is 0 Å². The molecule has 1 aromatic rings. The van der Waals surface area contributed by atoms with E-state index >= 15 is 0 Å². The molecule has 1 amide bonds. The topological polar surface area (TPSA) is 41.1 Å². The van der Waals surface area contributed by atoms with Crippen LogP contribution in [0, 0.1) is 5.92 Å². The average Bonchev–Trinajstić information content (AvgIpc) is 2.88. The van der Waals surface area contributed by atoms with E-state index in [2.05, 4.69) is 23.6 Å². The number of carbonyl (C=O) groups is 1. The van der Waals surface area contributed by atoms with Gasteiger partial charge in [0.05, 0.1) is 0 Å². The number of nitrogens with one attached hydrogen (secondary N) is 2. The number of carbonyl (C=O) groups excluding carboxylic acids is 1. The van der Waals surface area contributed by atoms with Gasteiger partial charge in [-0.3, -0.25) is 4.79 Å². The van der Waals surface area contributed by atoms with Crippen LogP contribution in [-0.2, 0) is 13.1 Å². The SMILES string of the molecule is CC1CCCCC1NC(=O)c1ccc2c(c1)CNC2. The quantitative estimate of drug-likeness (QED) is 0.856. The predicted molar refractivity (Wildman–Crippen MR) is 75.9 cm³/mol. The van der Waals surface area contributed by atoms with Gasteiger partial charge >= 0.3 is 0 Å². The summed E-state index contributed by atoms with van der Waals surface area (Å²) in [5, 5.41) is 6.53. The van der Waals surface area contributed by atoms with Crippen LogP contribution < -0.4 is 10.6 Å². The van der Waals surface area contributed by atoms with Gasteiger partial charge in [0.15, 0.2) is 0 Å². The van der Waals surface area contributed by atoms with Crippen LogP contribution in [0.15, 0.2) is 18.2 Å². The van der Waals surface area contributed by atoms with Crippen LogP contribution in [0.25, 0.3) is 0 Å². The number of hydrogen-bond acceptors (Lipinski definition) is 2. The minimum absolute atomic E-state index is 0.0912. The van der Waals surface area contributed by atoms with E-state index in [0.29, 0.717) is 12.0 Å². The number of fused-ring (bicyclic) bond motifs is 1. The monoisotopic (exact) mass is 258 g/mol. The first-order chi connectivity index (χ1) is 9.24. The minimum Gasteiger partial charge on any atom is -0.349 e. The number of hydrogen-bond donors (Lipinski definition) is 2. The van der Waals surface area contributed by atoms with Crippen LogP contribution in [0.3, 0.4) is 0 Å². The molecule has 1 aliphatic carbocycles. The fraction of sp³-hybridized carbons (Fsp3) is 0.562. The molecule has 0 saturated heterocycles. The molecule has 0 spiro atoms. The molecule has 1 aromatic carbocycles. The molecule has 3 nitrogen and oxygen atoms in total. The van der Waals surface area contributed by atoms with E-state index in [9.17, 15) is 4.79 Å². The van der Waals surface area contributed by atoms with Crippen molar-refractivity contribution >= 4 is 5.91 Å². The van der Waals surface area contributed by atoms with Crippen molar-refractivity contribution in [2.45, 2.75) is 51.7 Å². The van der Waals surface area contributed by atoms with Crippen LogP contribution in [0.4, 0.5) is 0 Å². The van der Waals surface area contributed by atoms with E-state index in [1.165, 1.54) is 30.4 Å². The molecule has 2 N–H and O–H groups in total. The normalized spacial score (nSPS) is 25.9. The Hall–Kier alpha value is -1.35. The molecule has 102 valence electrons. The van der Waals surface area contributed by atoms with E-state index in [1.54, 1.807) is 0 Å². The standard InChI is InChI=1S/C16H22N2O/c1-11-4-2-3-5-15(11)18-16(19)12-6-7-13-9-17-10-14(13)8-12/h6-8,11,15,17H,2-5,9-10H2,1H3,(H,18,19). The third-order valence-electron chi connectivity index (χ3n) is 4.53. The van der Waals surface area contributed by atoms with Gasteiger partial charge in [0.1, 0.15) is 0 Å². The van der Waals surface area contributed by atoms with Crippen molar-refractivity contribution in [3.05, 3.63) is 34.9 Å². The first kappa shape index (κ1) is 12.7. The van der Waals surface area contributed by atoms with E-state index in [1.807, 2.05) is 12.1 Å². The lowest BCUT2D eigenvalue weighted by molar-refractivity contribution is 0.0910. The summed E-state index contributed by atoms with van der Waals surface area (Å²) in [7, 11) is 0. The molecule has 1 heterocycles. The summed E-state index contributed by atoms with van der Waals surface area (Å²) in [6.07, 6.45) is 4.90. The molecule has 2 unspecified atom stereocenters. The van der Waals surface area contributed by atoms with Crippen LogP contribution in [0.5, 0.6) is 0 Å². The van der Waals surface area contributed by atoms with Gasteiger partial charge in [-0.2, -0.15) is 0 Å². The number of amides is 1. The van der Waals surface area contributed by atoms with Crippen LogP contribution >= 0.6 is 0 Å². The average molecular weight is 258 g/mol. The van der Waals surface area contributed by atoms with Crippen LogP contribution in [0.2, 0.25) is 0 Å². The highest BCUT2D eigenvalue weighted by Crippen LogP contribution is 2.24. The Labute approximate surface area is 114 Å². The summed E-state index contributed by atoms with van der Waals surface area (Å²) in [6, 6.07) is 6.43. The molecule has 1 fully saturated rings. The second-order valence-corrected chi connectivity index (χ2v) is 5.93. The van der Waals surface area contributed by atoms with Crippen molar-refractivity contribution < 1.29 is 4.79 Å². The van der Waals surface area contributed by atoms with Gasteiger partial charge in [-0.15, -0.1) is 0 Å². The maximum atomic E-state index is 12.3. The second kappa shape index (κ2) is 5.33. The fourth-order valence-electron chi connectivity index (χ4n) is 3.22. The summed E-state index contributed by atoms with van der Waals surface area (Å²) in [6.45, 7) is 4.06. The van der Waals surface area contributed by atoms with E-state index in [0.717, 1.165) is 25.1 Å². The van der Waals surface area contributed by atoms with Gasteiger partial charge in [0.25, 0.3) is 5.91 Å². The van der Waals surface area contributed by atoms with Crippen LogP contribution in [0.1, 0.15) is 54.1 Å². The maximum absolute atomic E-state index is 12.3. The maximum Gasteiger partial charge on any atom is 0.251 e. The number of benzene rings is 1. The van der Waals surface area contributed by atoms with Gasteiger partial charge < -0.3 is 10.6 Å². The van der Waals surface area contributed by atoms with Crippen molar-refractivity contribution in [3.8, 4) is 0 Å². The molecule has 3 rings (SSSR count). The van der Waals surface area contributed by atoms with Gasteiger partial charge in [0.2, 0.25) is 0 Å². The second-order valence-electron chi connectivity index (χ2n) is 5.93. The Morgan fingerprint density at radius 2 is 2.00 bits per heavy atom. The summed E-state index contributed by atoms with van der Waals surface area (Å²) >= 11 is 0. The molecule has 3 heteroatoms. The van der Waals surface area contributed by atoms with Gasteiger partial charge in [0, 0.05) is 24.7 Å². The summed E-state index contributed by atoms with van der Waals surface area (Å²) in [4.78, 5) is 12.3. The van der Waals surface area contributed by atoms with E-state index < -0.39 is 0 Å². The molecular formula is C16H22N2O. The number of rotatable bonds is 2. The van der Waals surface area contributed by atoms with Crippen molar-refractivity contribution in [2.24, 2.45) is 5.92 Å². The molecule has 19 heavy (non-hydrogen) atoms. The largest absolute Gasteiger partial charge is 0.349 e. The first-order valence-electron chi connectivity index (χ1n) is 7.37. The van der Waals surface area contributed by atoms with E-state index in [-0.39, 0.29) is 5.91 Å². The van der Waals surface area contributed by atoms with E-state index in [4.69, 9.17) is 0 Å². The molecule has 0 aromatic heterocycles. The van der Waals surface area contributed by atoms with Gasteiger partial charge in [-0.05, 0) is 42.0 Å². The molecular weight excluding hydrogens is 236 g/mol. The molecule has 0 radical (unpaired) electrons. The smallest absolute Gasteiger partial charge is 0.251 e. The molecule has 2 aliphatic rings. The van der Waals surface area contributed by atoms with Crippen molar-refractivity contribution in [2.75, 3.05) is 0 Å². The van der Waals surface area contributed by atoms with Crippen LogP contribution in [-0.4, -0.2) is 11.9 Å². The zero-order chi connectivity index (χ0) is 13.2. The van der Waals surface area contributed by atoms with Crippen molar-refractivity contribution in [3.63, 3.8) is 0 Å².